The van der Waals surface area contributed by atoms with Crippen molar-refractivity contribution in [2.75, 3.05) is 41.0 Å². The molecule has 0 unspecified atom stereocenters. The molecule has 0 aliphatic carbocycles. The van der Waals surface area contributed by atoms with Crippen molar-refractivity contribution in [3.63, 3.8) is 0 Å². The summed E-state index contributed by atoms with van der Waals surface area (Å²) in [6.45, 7) is 2.26. The number of hydrogen-bond donors (Lipinski definition) is 1. The summed E-state index contributed by atoms with van der Waals surface area (Å²) in [4.78, 5) is 43.1. The number of pyridine rings is 1. The van der Waals surface area contributed by atoms with Gasteiger partial charge in [0.05, 0.1) is 32.8 Å². The molecule has 11 heteroatoms. The fourth-order valence-corrected chi connectivity index (χ4v) is 4.09. The molecule has 0 spiro atoms. The maximum atomic E-state index is 12.8. The minimum Gasteiger partial charge on any atom is -0.493 e. The van der Waals surface area contributed by atoms with E-state index in [9.17, 15) is 14.4 Å². The lowest BCUT2D eigenvalue weighted by molar-refractivity contribution is -0.122. The summed E-state index contributed by atoms with van der Waals surface area (Å²) in [6, 6.07) is 6.58. The van der Waals surface area contributed by atoms with Crippen molar-refractivity contribution in [2.24, 2.45) is 0 Å². The summed E-state index contributed by atoms with van der Waals surface area (Å²) in [7, 11) is 4.48. The molecule has 3 rings (SSSR count). The van der Waals surface area contributed by atoms with Gasteiger partial charge in [0.15, 0.2) is 11.5 Å². The average Bonchev–Trinajstić information content (AvgIpc) is 3.11. The molecule has 0 atom stereocenters. The first kappa shape index (κ1) is 24.9. The Labute approximate surface area is 201 Å². The number of nitrogens with one attached hydrogen (secondary N) is 1. The van der Waals surface area contributed by atoms with Crippen LogP contribution in [-0.2, 0) is 4.79 Å². The van der Waals surface area contributed by atoms with E-state index in [-0.39, 0.29) is 29.4 Å². The van der Waals surface area contributed by atoms with Crippen LogP contribution < -0.4 is 24.3 Å². The number of hydrogen-bond acceptors (Lipinski definition) is 9. The van der Waals surface area contributed by atoms with E-state index < -0.39 is 17.1 Å². The van der Waals surface area contributed by atoms with Gasteiger partial charge in [-0.1, -0.05) is 0 Å². The number of amides is 3. The van der Waals surface area contributed by atoms with E-state index in [0.29, 0.717) is 29.4 Å². The van der Waals surface area contributed by atoms with Crippen molar-refractivity contribution in [1.29, 1.82) is 0 Å². The molecule has 1 aliphatic rings. The first-order chi connectivity index (χ1) is 16.4. The third kappa shape index (κ3) is 5.42. The zero-order valence-corrected chi connectivity index (χ0v) is 20.1. The molecule has 1 fully saturated rings. The number of benzene rings is 1. The lowest BCUT2D eigenvalue weighted by Gasteiger charge is -2.14. The molecule has 1 aromatic heterocycles. The van der Waals surface area contributed by atoms with Gasteiger partial charge in [-0.25, -0.2) is 4.98 Å². The third-order valence-electron chi connectivity index (χ3n) is 4.78. The second-order valence-electron chi connectivity index (χ2n) is 6.84. The predicted molar refractivity (Wildman–Crippen MR) is 127 cm³/mol. The van der Waals surface area contributed by atoms with E-state index in [1.165, 1.54) is 27.5 Å². The van der Waals surface area contributed by atoms with Gasteiger partial charge in [0, 0.05) is 19.3 Å². The normalized spacial score (nSPS) is 14.4. The van der Waals surface area contributed by atoms with Crippen LogP contribution in [0.5, 0.6) is 23.1 Å². The van der Waals surface area contributed by atoms with Crippen molar-refractivity contribution in [3.05, 3.63) is 46.5 Å². The Morgan fingerprint density at radius 2 is 1.85 bits per heavy atom. The number of thioether (sulfide) groups is 1. The molecule has 3 amide bonds. The summed E-state index contributed by atoms with van der Waals surface area (Å²) in [5, 5.41) is 2.27. The zero-order valence-electron chi connectivity index (χ0n) is 19.2. The number of carbonyl (C=O) groups is 3. The van der Waals surface area contributed by atoms with Crippen LogP contribution in [0, 0.1) is 0 Å². The molecule has 10 nitrogen and oxygen atoms in total. The van der Waals surface area contributed by atoms with E-state index in [1.54, 1.807) is 37.3 Å². The highest BCUT2D eigenvalue weighted by atomic mass is 32.2. The first-order valence-electron chi connectivity index (χ1n) is 10.3. The van der Waals surface area contributed by atoms with Gasteiger partial charge in [0.25, 0.3) is 17.1 Å². The van der Waals surface area contributed by atoms with Gasteiger partial charge in [-0.05, 0) is 54.6 Å². The number of aromatic nitrogens is 1. The first-order valence-corrected chi connectivity index (χ1v) is 11.2. The summed E-state index contributed by atoms with van der Waals surface area (Å²) in [5.41, 5.74) is 0.883. The SMILES string of the molecule is CCOc1ncccc1C(=O)NCCN1C(=O)S/C(=C/c2cc(OC)c(OC)c(OC)c2)C1=O. The molecule has 1 saturated heterocycles. The minimum atomic E-state index is -0.450. The average molecular weight is 488 g/mol. The molecule has 34 heavy (non-hydrogen) atoms. The smallest absolute Gasteiger partial charge is 0.293 e. The molecule has 2 aromatic rings. The Hall–Kier alpha value is -3.73. The molecule has 1 aliphatic heterocycles. The monoisotopic (exact) mass is 487 g/mol. The van der Waals surface area contributed by atoms with Crippen molar-refractivity contribution < 1.29 is 33.3 Å². The second-order valence-corrected chi connectivity index (χ2v) is 7.83. The Morgan fingerprint density at radius 3 is 2.47 bits per heavy atom. The highest BCUT2D eigenvalue weighted by Gasteiger charge is 2.35. The van der Waals surface area contributed by atoms with E-state index in [4.69, 9.17) is 18.9 Å². The Kier molecular flexibility index (Phi) is 8.36. The molecular weight excluding hydrogens is 462 g/mol. The quantitative estimate of drug-likeness (QED) is 0.505. The second kappa shape index (κ2) is 11.4. The van der Waals surface area contributed by atoms with Crippen LogP contribution in [0.1, 0.15) is 22.8 Å². The molecule has 180 valence electrons. The molecule has 1 aromatic carbocycles. The number of ether oxygens (including phenoxy) is 4. The number of methoxy groups -OCH3 is 3. The van der Waals surface area contributed by atoms with Crippen molar-refractivity contribution in [2.45, 2.75) is 6.92 Å². The van der Waals surface area contributed by atoms with Gasteiger partial charge in [0.1, 0.15) is 5.56 Å². The predicted octanol–water partition coefficient (Wildman–Crippen LogP) is 2.97. The van der Waals surface area contributed by atoms with Gasteiger partial charge >= 0.3 is 0 Å². The largest absolute Gasteiger partial charge is 0.493 e. The maximum Gasteiger partial charge on any atom is 0.293 e. The molecule has 1 N–H and O–H groups in total. The van der Waals surface area contributed by atoms with E-state index in [2.05, 4.69) is 10.3 Å². The Balaban J connectivity index is 1.68. The summed E-state index contributed by atoms with van der Waals surface area (Å²) in [5.74, 6) is 0.647. The van der Waals surface area contributed by atoms with Crippen molar-refractivity contribution >= 4 is 34.9 Å². The molecule has 0 saturated carbocycles. The molecular formula is C23H25N3O7S. The Morgan fingerprint density at radius 1 is 1.15 bits per heavy atom. The van der Waals surface area contributed by atoms with Crippen LogP contribution in [0.15, 0.2) is 35.4 Å². The van der Waals surface area contributed by atoms with Crippen LogP contribution >= 0.6 is 11.8 Å². The van der Waals surface area contributed by atoms with Gasteiger partial charge < -0.3 is 24.3 Å². The maximum absolute atomic E-state index is 12.8. The van der Waals surface area contributed by atoms with E-state index in [1.807, 2.05) is 0 Å². The standard InChI is InChI=1S/C23H25N3O7S/c1-5-33-21-15(7-6-8-25-21)20(27)24-9-10-26-22(28)18(34-23(26)29)13-14-11-16(30-2)19(32-4)17(12-14)31-3/h6-8,11-13H,5,9-10H2,1-4H3,(H,24,27)/b18-13+. The van der Waals surface area contributed by atoms with Gasteiger partial charge in [-0.2, -0.15) is 0 Å². The van der Waals surface area contributed by atoms with Gasteiger partial charge in [-0.15, -0.1) is 0 Å². The summed E-state index contributed by atoms with van der Waals surface area (Å²) >= 11 is 0.821. The van der Waals surface area contributed by atoms with Crippen LogP contribution in [0.25, 0.3) is 6.08 Å². The number of rotatable bonds is 10. The Bertz CT molecular complexity index is 1090. The highest BCUT2D eigenvalue weighted by molar-refractivity contribution is 8.18. The fourth-order valence-electron chi connectivity index (χ4n) is 3.22. The van der Waals surface area contributed by atoms with Crippen LogP contribution in [0.2, 0.25) is 0 Å². The van der Waals surface area contributed by atoms with Gasteiger partial charge in [-0.3, -0.25) is 19.3 Å². The summed E-state index contributed by atoms with van der Waals surface area (Å²) < 4.78 is 21.3. The van der Waals surface area contributed by atoms with Crippen LogP contribution in [0.4, 0.5) is 4.79 Å². The van der Waals surface area contributed by atoms with Crippen molar-refractivity contribution in [1.82, 2.24) is 15.2 Å². The van der Waals surface area contributed by atoms with Crippen LogP contribution in [0.3, 0.4) is 0 Å². The van der Waals surface area contributed by atoms with Crippen molar-refractivity contribution in [3.8, 4) is 23.1 Å². The lowest BCUT2D eigenvalue weighted by Crippen LogP contribution is -2.37. The molecule has 2 heterocycles. The van der Waals surface area contributed by atoms with Gasteiger partial charge in [0.2, 0.25) is 11.6 Å². The number of nitrogens with zero attached hydrogens (tertiary/aromatic N) is 2. The van der Waals surface area contributed by atoms with Crippen LogP contribution in [-0.4, -0.2) is 68.0 Å². The summed E-state index contributed by atoms with van der Waals surface area (Å²) in [6.07, 6.45) is 3.11. The minimum absolute atomic E-state index is 0.0211. The van der Waals surface area contributed by atoms with E-state index >= 15 is 0 Å². The number of carbonyl (C=O) groups excluding carboxylic acids is 3. The number of imide groups is 1. The molecule has 0 bridgehead atoms. The van der Waals surface area contributed by atoms with E-state index in [0.717, 1.165) is 16.7 Å². The molecule has 0 radical (unpaired) electrons. The highest BCUT2D eigenvalue weighted by Crippen LogP contribution is 2.40. The topological polar surface area (TPSA) is 116 Å². The fraction of sp³-hybridized carbons (Fsp3) is 0.304. The lowest BCUT2D eigenvalue weighted by atomic mass is 10.1. The zero-order chi connectivity index (χ0) is 24.7. The third-order valence-corrected chi connectivity index (χ3v) is 5.68.